The van der Waals surface area contributed by atoms with Crippen LogP contribution < -0.4 is 11.1 Å². The fraction of sp³-hybridized carbons (Fsp3) is 0.857. The van der Waals surface area contributed by atoms with Gasteiger partial charge in [-0.25, -0.2) is 4.79 Å². The average molecular weight is 270 g/mol. The topological polar surface area (TPSA) is 92.4 Å². The molecule has 0 saturated heterocycles. The maximum absolute atomic E-state index is 12.5. The van der Waals surface area contributed by atoms with Crippen molar-refractivity contribution in [2.24, 2.45) is 11.1 Å². The number of carboxylic acids is 1. The number of hydrogen-bond acceptors (Lipinski definition) is 3. The third-order valence-electron chi connectivity index (χ3n) is 4.50. The first kappa shape index (κ1) is 16.0. The van der Waals surface area contributed by atoms with Crippen molar-refractivity contribution in [3.63, 3.8) is 0 Å². The van der Waals surface area contributed by atoms with Gasteiger partial charge in [-0.2, -0.15) is 0 Å². The van der Waals surface area contributed by atoms with Gasteiger partial charge in [0.15, 0.2) is 0 Å². The smallest absolute Gasteiger partial charge is 0.329 e. The first-order valence-corrected chi connectivity index (χ1v) is 7.16. The summed E-state index contributed by atoms with van der Waals surface area (Å²) in [6.45, 7) is 3.60. The van der Waals surface area contributed by atoms with Crippen LogP contribution >= 0.6 is 0 Å². The van der Waals surface area contributed by atoms with Crippen molar-refractivity contribution in [1.82, 2.24) is 5.32 Å². The largest absolute Gasteiger partial charge is 0.480 e. The van der Waals surface area contributed by atoms with Gasteiger partial charge >= 0.3 is 5.97 Å². The summed E-state index contributed by atoms with van der Waals surface area (Å²) in [5.74, 6) is -1.19. The Morgan fingerprint density at radius 2 is 1.79 bits per heavy atom. The number of carboxylic acid groups (broad SMARTS) is 1. The van der Waals surface area contributed by atoms with E-state index in [2.05, 4.69) is 5.32 Å². The number of hydrogen-bond donors (Lipinski definition) is 3. The summed E-state index contributed by atoms with van der Waals surface area (Å²) in [5.41, 5.74) is 4.05. The van der Waals surface area contributed by atoms with Crippen molar-refractivity contribution in [3.8, 4) is 0 Å². The van der Waals surface area contributed by atoms with Crippen LogP contribution in [0.4, 0.5) is 0 Å². The summed E-state index contributed by atoms with van der Waals surface area (Å²) in [5, 5.41) is 12.0. The molecule has 19 heavy (non-hydrogen) atoms. The van der Waals surface area contributed by atoms with E-state index in [9.17, 15) is 14.7 Å². The number of nitrogens with one attached hydrogen (secondary N) is 1. The Hall–Kier alpha value is -1.10. The van der Waals surface area contributed by atoms with Gasteiger partial charge in [-0.3, -0.25) is 4.79 Å². The lowest BCUT2D eigenvalue weighted by atomic mass is 9.78. The van der Waals surface area contributed by atoms with E-state index in [1.165, 1.54) is 0 Å². The summed E-state index contributed by atoms with van der Waals surface area (Å²) < 4.78 is 0. The van der Waals surface area contributed by atoms with Crippen LogP contribution in [0.25, 0.3) is 0 Å². The Balaban J connectivity index is 2.86. The number of aliphatic carboxylic acids is 1. The number of nitrogens with two attached hydrogens (primary N) is 1. The molecule has 4 N–H and O–H groups in total. The maximum Gasteiger partial charge on any atom is 0.329 e. The van der Waals surface area contributed by atoms with Gasteiger partial charge in [0.25, 0.3) is 0 Å². The summed E-state index contributed by atoms with van der Waals surface area (Å²) >= 11 is 0. The Kier molecular flexibility index (Phi) is 5.35. The van der Waals surface area contributed by atoms with Crippen molar-refractivity contribution in [3.05, 3.63) is 0 Å². The zero-order valence-corrected chi connectivity index (χ0v) is 12.0. The minimum absolute atomic E-state index is 0.191. The van der Waals surface area contributed by atoms with Gasteiger partial charge in [0.2, 0.25) is 5.91 Å². The molecule has 0 radical (unpaired) electrons. The molecule has 0 aromatic carbocycles. The lowest BCUT2D eigenvalue weighted by Gasteiger charge is -2.34. The van der Waals surface area contributed by atoms with Gasteiger partial charge in [-0.1, -0.05) is 32.6 Å². The van der Waals surface area contributed by atoms with E-state index in [0.29, 0.717) is 6.42 Å². The van der Waals surface area contributed by atoms with Gasteiger partial charge in [0.05, 0.1) is 5.41 Å². The highest BCUT2D eigenvalue weighted by Gasteiger charge is 2.42. The fourth-order valence-electron chi connectivity index (χ4n) is 2.61. The van der Waals surface area contributed by atoms with E-state index < -0.39 is 16.9 Å². The molecule has 0 aliphatic heterocycles. The van der Waals surface area contributed by atoms with Crippen molar-refractivity contribution in [2.45, 2.75) is 64.3 Å². The van der Waals surface area contributed by atoms with E-state index in [4.69, 9.17) is 5.73 Å². The first-order chi connectivity index (χ1) is 8.90. The molecule has 1 fully saturated rings. The second-order valence-electron chi connectivity index (χ2n) is 5.84. The molecule has 1 aliphatic rings. The molecular weight excluding hydrogens is 244 g/mol. The second kappa shape index (κ2) is 6.37. The molecule has 5 heteroatoms. The lowest BCUT2D eigenvalue weighted by Crippen LogP contribution is -2.57. The van der Waals surface area contributed by atoms with E-state index in [-0.39, 0.29) is 12.5 Å². The third-order valence-corrected chi connectivity index (χ3v) is 4.50. The van der Waals surface area contributed by atoms with Gasteiger partial charge in [0.1, 0.15) is 5.54 Å². The number of amides is 1. The minimum atomic E-state index is -1.20. The van der Waals surface area contributed by atoms with Crippen molar-refractivity contribution < 1.29 is 14.7 Å². The molecule has 0 aromatic heterocycles. The van der Waals surface area contributed by atoms with E-state index in [0.717, 1.165) is 38.5 Å². The van der Waals surface area contributed by atoms with Crippen LogP contribution in [-0.2, 0) is 9.59 Å². The number of carbonyl (C=O) groups is 2. The SMILES string of the molecule is CCC(C)(NC(=O)C1(CN)CCCCCC1)C(=O)O. The Labute approximate surface area is 114 Å². The van der Waals surface area contributed by atoms with Crippen LogP contribution in [0.3, 0.4) is 0 Å². The zero-order valence-electron chi connectivity index (χ0n) is 12.0. The average Bonchev–Trinajstić information content (AvgIpc) is 2.64. The highest BCUT2D eigenvalue weighted by Crippen LogP contribution is 2.35. The standard InChI is InChI=1S/C14H26N2O3/c1-3-13(2,12(18)19)16-11(17)14(10-15)8-6-4-5-7-9-14/h3-10,15H2,1-2H3,(H,16,17)(H,18,19). The van der Waals surface area contributed by atoms with Crippen LogP contribution in [0.1, 0.15) is 58.8 Å². The van der Waals surface area contributed by atoms with Crippen LogP contribution in [-0.4, -0.2) is 29.1 Å². The molecule has 5 nitrogen and oxygen atoms in total. The van der Waals surface area contributed by atoms with Gasteiger partial charge in [-0.15, -0.1) is 0 Å². The quantitative estimate of drug-likeness (QED) is 0.662. The molecular formula is C14H26N2O3. The van der Waals surface area contributed by atoms with Crippen molar-refractivity contribution in [1.29, 1.82) is 0 Å². The predicted molar refractivity (Wildman–Crippen MR) is 73.7 cm³/mol. The number of carbonyl (C=O) groups excluding carboxylic acids is 1. The van der Waals surface area contributed by atoms with Gasteiger partial charge in [-0.05, 0) is 26.2 Å². The molecule has 1 aliphatic carbocycles. The van der Waals surface area contributed by atoms with Crippen LogP contribution in [0, 0.1) is 5.41 Å². The first-order valence-electron chi connectivity index (χ1n) is 7.16. The summed E-state index contributed by atoms with van der Waals surface area (Å²) in [6.07, 6.45) is 6.09. The van der Waals surface area contributed by atoms with Gasteiger partial charge in [0, 0.05) is 6.54 Å². The molecule has 1 amide bonds. The maximum atomic E-state index is 12.5. The van der Waals surface area contributed by atoms with Crippen LogP contribution in [0.2, 0.25) is 0 Å². The molecule has 0 bridgehead atoms. The third kappa shape index (κ3) is 3.47. The minimum Gasteiger partial charge on any atom is -0.480 e. The molecule has 0 spiro atoms. The normalized spacial score (nSPS) is 22.1. The molecule has 110 valence electrons. The van der Waals surface area contributed by atoms with E-state index >= 15 is 0 Å². The zero-order chi connectivity index (χ0) is 14.5. The monoisotopic (exact) mass is 270 g/mol. The Bertz CT molecular complexity index is 336. The molecule has 1 unspecified atom stereocenters. The summed E-state index contributed by atoms with van der Waals surface area (Å²) in [7, 11) is 0. The summed E-state index contributed by atoms with van der Waals surface area (Å²) in [6, 6.07) is 0. The van der Waals surface area contributed by atoms with E-state index in [1.807, 2.05) is 0 Å². The number of rotatable bonds is 5. The molecule has 1 rings (SSSR count). The molecule has 1 atom stereocenters. The molecule has 0 aromatic rings. The predicted octanol–water partition coefficient (Wildman–Crippen LogP) is 1.66. The summed E-state index contributed by atoms with van der Waals surface area (Å²) in [4.78, 5) is 23.8. The highest BCUT2D eigenvalue weighted by molar-refractivity contribution is 5.89. The van der Waals surface area contributed by atoms with Crippen molar-refractivity contribution in [2.75, 3.05) is 6.54 Å². The second-order valence-corrected chi connectivity index (χ2v) is 5.84. The molecule has 0 heterocycles. The highest BCUT2D eigenvalue weighted by atomic mass is 16.4. The van der Waals surface area contributed by atoms with Crippen molar-refractivity contribution >= 4 is 11.9 Å². The van der Waals surface area contributed by atoms with Crippen LogP contribution in [0.15, 0.2) is 0 Å². The van der Waals surface area contributed by atoms with Gasteiger partial charge < -0.3 is 16.2 Å². The Morgan fingerprint density at radius 3 is 2.16 bits per heavy atom. The molecule has 1 saturated carbocycles. The Morgan fingerprint density at radius 1 is 1.26 bits per heavy atom. The fourth-order valence-corrected chi connectivity index (χ4v) is 2.61. The van der Waals surface area contributed by atoms with E-state index in [1.54, 1.807) is 13.8 Å². The lowest BCUT2D eigenvalue weighted by molar-refractivity contribution is -0.149. The van der Waals surface area contributed by atoms with Crippen LogP contribution in [0.5, 0.6) is 0 Å².